The van der Waals surface area contributed by atoms with E-state index in [1.807, 2.05) is 24.3 Å². The number of nitrogens with zero attached hydrogens (tertiary/aromatic N) is 2. The Morgan fingerprint density at radius 1 is 1.06 bits per heavy atom. The van der Waals surface area contributed by atoms with Crippen LogP contribution in [0.1, 0.15) is 5.56 Å². The van der Waals surface area contributed by atoms with E-state index in [1.54, 1.807) is 42.5 Å². The van der Waals surface area contributed by atoms with Gasteiger partial charge in [-0.15, -0.1) is 0 Å². The van der Waals surface area contributed by atoms with Gasteiger partial charge in [0.25, 0.3) is 5.56 Å². The fraction of sp³-hybridized carbons (Fsp3) is 0.125. The lowest BCUT2D eigenvalue weighted by atomic mass is 10.2. The molecular weight excluding hydrogens is 481 g/mol. The fourth-order valence-corrected chi connectivity index (χ4v) is 4.37. The van der Waals surface area contributed by atoms with Crippen molar-refractivity contribution in [3.63, 3.8) is 0 Å². The molecule has 1 amide bonds. The van der Waals surface area contributed by atoms with E-state index in [1.165, 1.54) is 11.7 Å². The number of hydrogen-bond acceptors (Lipinski definition) is 5. The van der Waals surface area contributed by atoms with Crippen molar-refractivity contribution >= 4 is 51.8 Å². The number of hydrogen-bond donors (Lipinski definition) is 1. The maximum absolute atomic E-state index is 13.4. The molecule has 1 N–H and O–H groups in total. The standard InChI is InChI=1S/C24H19Cl2N3O3S/c1-32-21-5-3-2-4-20(21)29-23(31)18-11-10-17(26)12-19(18)28-24(29)33-14-22(30)27-13-15-6-8-16(25)9-7-15/h2-12H,13-14H2,1H3,(H,27,30). The second kappa shape index (κ2) is 10.3. The van der Waals surface area contributed by atoms with Gasteiger partial charge in [-0.3, -0.25) is 14.2 Å². The number of thioether (sulfide) groups is 1. The highest BCUT2D eigenvalue weighted by molar-refractivity contribution is 7.99. The number of para-hydroxylation sites is 2. The van der Waals surface area contributed by atoms with E-state index in [0.717, 1.165) is 17.3 Å². The molecule has 3 aromatic carbocycles. The zero-order valence-corrected chi connectivity index (χ0v) is 19.9. The predicted octanol–water partition coefficient (Wildman–Crippen LogP) is 5.11. The molecule has 0 radical (unpaired) electrons. The lowest BCUT2D eigenvalue weighted by Gasteiger charge is -2.15. The van der Waals surface area contributed by atoms with Crippen molar-refractivity contribution in [2.75, 3.05) is 12.9 Å². The number of methoxy groups -OCH3 is 1. The van der Waals surface area contributed by atoms with Gasteiger partial charge in [-0.1, -0.05) is 59.2 Å². The Morgan fingerprint density at radius 2 is 1.79 bits per heavy atom. The van der Waals surface area contributed by atoms with Crippen LogP contribution in [0.4, 0.5) is 0 Å². The van der Waals surface area contributed by atoms with Crippen molar-refractivity contribution in [3.8, 4) is 11.4 Å². The summed E-state index contributed by atoms with van der Waals surface area (Å²) in [7, 11) is 1.54. The number of aromatic nitrogens is 2. The van der Waals surface area contributed by atoms with Gasteiger partial charge in [-0.25, -0.2) is 4.98 Å². The van der Waals surface area contributed by atoms with Crippen LogP contribution in [0, 0.1) is 0 Å². The molecule has 1 aromatic heterocycles. The molecule has 0 aliphatic heterocycles. The molecule has 33 heavy (non-hydrogen) atoms. The van der Waals surface area contributed by atoms with Crippen molar-refractivity contribution in [1.29, 1.82) is 0 Å². The first kappa shape index (κ1) is 23.2. The fourth-order valence-electron chi connectivity index (χ4n) is 3.25. The Labute approximate surface area is 204 Å². The Bertz CT molecular complexity index is 1370. The summed E-state index contributed by atoms with van der Waals surface area (Å²) in [6.07, 6.45) is 0. The summed E-state index contributed by atoms with van der Waals surface area (Å²) in [5, 5.41) is 4.76. The molecule has 4 rings (SSSR count). The van der Waals surface area contributed by atoms with Gasteiger partial charge in [0.15, 0.2) is 5.16 Å². The van der Waals surface area contributed by atoms with Gasteiger partial charge < -0.3 is 10.1 Å². The smallest absolute Gasteiger partial charge is 0.266 e. The predicted molar refractivity (Wildman–Crippen MR) is 133 cm³/mol. The van der Waals surface area contributed by atoms with Crippen LogP contribution >= 0.6 is 35.0 Å². The number of halogens is 2. The zero-order valence-electron chi connectivity index (χ0n) is 17.5. The Hall–Kier alpha value is -3.00. The lowest BCUT2D eigenvalue weighted by Crippen LogP contribution is -2.26. The van der Waals surface area contributed by atoms with E-state index in [2.05, 4.69) is 10.3 Å². The second-order valence-corrected chi connectivity index (χ2v) is 8.88. The van der Waals surface area contributed by atoms with Crippen molar-refractivity contribution in [3.05, 3.63) is 92.7 Å². The summed E-state index contributed by atoms with van der Waals surface area (Å²) in [6, 6.07) is 19.3. The summed E-state index contributed by atoms with van der Waals surface area (Å²) >= 11 is 13.2. The molecule has 0 aliphatic rings. The van der Waals surface area contributed by atoms with E-state index < -0.39 is 0 Å². The van der Waals surface area contributed by atoms with Crippen LogP contribution in [0.15, 0.2) is 76.7 Å². The van der Waals surface area contributed by atoms with Gasteiger partial charge in [-0.05, 0) is 48.0 Å². The number of fused-ring (bicyclic) bond motifs is 1. The van der Waals surface area contributed by atoms with Gasteiger partial charge in [0.05, 0.1) is 29.5 Å². The van der Waals surface area contributed by atoms with Crippen molar-refractivity contribution in [2.24, 2.45) is 0 Å². The SMILES string of the molecule is COc1ccccc1-n1c(SCC(=O)NCc2ccc(Cl)cc2)nc2cc(Cl)ccc2c1=O. The number of carbonyl (C=O) groups excluding carboxylic acids is 1. The molecular formula is C24H19Cl2N3O3S. The molecule has 0 fully saturated rings. The van der Waals surface area contributed by atoms with Gasteiger partial charge in [0.2, 0.25) is 5.91 Å². The number of carbonyl (C=O) groups is 1. The minimum Gasteiger partial charge on any atom is -0.495 e. The number of amides is 1. The minimum atomic E-state index is -0.273. The molecule has 0 atom stereocenters. The largest absolute Gasteiger partial charge is 0.495 e. The first-order chi connectivity index (χ1) is 16.0. The molecule has 0 aliphatic carbocycles. The molecule has 0 unspecified atom stereocenters. The van der Waals surface area contributed by atoms with Crippen LogP contribution in [0.5, 0.6) is 5.75 Å². The van der Waals surface area contributed by atoms with Gasteiger partial charge in [0, 0.05) is 16.6 Å². The molecule has 0 saturated heterocycles. The maximum atomic E-state index is 13.4. The Kier molecular flexibility index (Phi) is 7.23. The van der Waals surface area contributed by atoms with E-state index in [-0.39, 0.29) is 17.2 Å². The molecule has 6 nitrogen and oxygen atoms in total. The van der Waals surface area contributed by atoms with Crippen LogP contribution in [0.3, 0.4) is 0 Å². The average molecular weight is 500 g/mol. The number of benzene rings is 3. The van der Waals surface area contributed by atoms with E-state index in [4.69, 9.17) is 27.9 Å². The number of rotatable bonds is 7. The third-order valence-corrected chi connectivity index (χ3v) is 6.29. The summed E-state index contributed by atoms with van der Waals surface area (Å²) in [6.45, 7) is 0.372. The molecule has 0 spiro atoms. The molecule has 1 heterocycles. The second-order valence-electron chi connectivity index (χ2n) is 7.06. The van der Waals surface area contributed by atoms with E-state index in [0.29, 0.717) is 44.1 Å². The van der Waals surface area contributed by atoms with Crippen molar-refractivity contribution < 1.29 is 9.53 Å². The summed E-state index contributed by atoms with van der Waals surface area (Å²) in [4.78, 5) is 30.6. The highest BCUT2D eigenvalue weighted by atomic mass is 35.5. The van der Waals surface area contributed by atoms with Crippen LogP contribution in [0.25, 0.3) is 16.6 Å². The molecule has 168 valence electrons. The molecule has 9 heteroatoms. The van der Waals surface area contributed by atoms with Crippen LogP contribution < -0.4 is 15.6 Å². The molecule has 0 bridgehead atoms. The Balaban J connectivity index is 1.64. The number of ether oxygens (including phenoxy) is 1. The third kappa shape index (κ3) is 5.33. The first-order valence-electron chi connectivity index (χ1n) is 9.96. The van der Waals surface area contributed by atoms with Crippen molar-refractivity contribution in [2.45, 2.75) is 11.7 Å². The van der Waals surface area contributed by atoms with Gasteiger partial charge in [0.1, 0.15) is 5.75 Å². The van der Waals surface area contributed by atoms with Crippen molar-refractivity contribution in [1.82, 2.24) is 14.9 Å². The number of nitrogens with one attached hydrogen (secondary N) is 1. The third-order valence-electron chi connectivity index (χ3n) is 4.86. The van der Waals surface area contributed by atoms with E-state index >= 15 is 0 Å². The zero-order chi connectivity index (χ0) is 23.4. The maximum Gasteiger partial charge on any atom is 0.266 e. The monoisotopic (exact) mass is 499 g/mol. The van der Waals surface area contributed by atoms with Gasteiger partial charge >= 0.3 is 0 Å². The normalized spacial score (nSPS) is 10.9. The van der Waals surface area contributed by atoms with Crippen LogP contribution in [-0.2, 0) is 11.3 Å². The average Bonchev–Trinajstić information content (AvgIpc) is 2.82. The minimum absolute atomic E-state index is 0.0707. The summed E-state index contributed by atoms with van der Waals surface area (Å²) in [5.74, 6) is 0.395. The first-order valence-corrected chi connectivity index (χ1v) is 11.7. The highest BCUT2D eigenvalue weighted by Gasteiger charge is 2.17. The highest BCUT2D eigenvalue weighted by Crippen LogP contribution is 2.27. The lowest BCUT2D eigenvalue weighted by molar-refractivity contribution is -0.118. The molecule has 0 saturated carbocycles. The molecule has 4 aromatic rings. The van der Waals surface area contributed by atoms with E-state index in [9.17, 15) is 9.59 Å². The quantitative estimate of drug-likeness (QED) is 0.282. The topological polar surface area (TPSA) is 73.2 Å². The van der Waals surface area contributed by atoms with Crippen LogP contribution in [-0.4, -0.2) is 28.3 Å². The van der Waals surface area contributed by atoms with Crippen LogP contribution in [0.2, 0.25) is 10.0 Å². The summed E-state index contributed by atoms with van der Waals surface area (Å²) < 4.78 is 6.92. The van der Waals surface area contributed by atoms with Gasteiger partial charge in [-0.2, -0.15) is 0 Å². The summed E-state index contributed by atoms with van der Waals surface area (Å²) in [5.41, 5.74) is 1.66. The Morgan fingerprint density at radius 3 is 2.55 bits per heavy atom.